The number of benzene rings is 3. The lowest BCUT2D eigenvalue weighted by Crippen LogP contribution is -2.18. The van der Waals surface area contributed by atoms with Gasteiger partial charge in [-0.3, -0.25) is 4.79 Å². The number of carbonyl (C=O) groups excluding carboxylic acids is 1. The number of rotatable bonds is 8. The van der Waals surface area contributed by atoms with E-state index in [2.05, 4.69) is 52.6 Å². The molecule has 0 spiro atoms. The minimum atomic E-state index is -0.154. The Morgan fingerprint density at radius 1 is 0.750 bits per heavy atom. The molecule has 0 radical (unpaired) electrons. The van der Waals surface area contributed by atoms with Gasteiger partial charge < -0.3 is 10.6 Å². The Kier molecular flexibility index (Phi) is 7.34. The standard InChI is InChI=1S/C24H21Br2N5O/c25-20-10-6-18(7-11-20)15-27-23-29-24(28-16-19-8-12-21(26)13-9-19)31(30-23)22(32)14-17-4-2-1-3-5-17/h1-13H,14-16H2,(H2,27,28,29,30). The quantitative estimate of drug-likeness (QED) is 0.283. The van der Waals surface area contributed by atoms with Crippen LogP contribution in [0.15, 0.2) is 87.8 Å². The molecular formula is C24H21Br2N5O. The Morgan fingerprint density at radius 2 is 1.31 bits per heavy atom. The third-order valence-corrected chi connectivity index (χ3v) is 5.83. The Labute approximate surface area is 203 Å². The first-order valence-corrected chi connectivity index (χ1v) is 11.7. The van der Waals surface area contributed by atoms with Crippen LogP contribution in [0.1, 0.15) is 21.5 Å². The van der Waals surface area contributed by atoms with E-state index in [9.17, 15) is 4.79 Å². The van der Waals surface area contributed by atoms with Gasteiger partial charge in [-0.25, -0.2) is 0 Å². The molecule has 8 heteroatoms. The number of nitrogens with one attached hydrogen (secondary N) is 2. The summed E-state index contributed by atoms with van der Waals surface area (Å²) >= 11 is 6.89. The summed E-state index contributed by atoms with van der Waals surface area (Å²) in [5, 5.41) is 10.9. The monoisotopic (exact) mass is 553 g/mol. The van der Waals surface area contributed by atoms with Gasteiger partial charge in [-0.1, -0.05) is 86.5 Å². The molecule has 0 bridgehead atoms. The highest BCUT2D eigenvalue weighted by Crippen LogP contribution is 2.16. The molecule has 0 amide bonds. The zero-order valence-corrected chi connectivity index (χ0v) is 20.3. The van der Waals surface area contributed by atoms with Crippen LogP contribution in [0.4, 0.5) is 11.9 Å². The maximum absolute atomic E-state index is 13.0. The molecule has 0 aliphatic rings. The molecule has 0 saturated carbocycles. The Balaban J connectivity index is 1.51. The molecule has 1 aromatic heterocycles. The van der Waals surface area contributed by atoms with Crippen molar-refractivity contribution in [1.29, 1.82) is 0 Å². The van der Waals surface area contributed by atoms with Crippen molar-refractivity contribution in [2.45, 2.75) is 19.5 Å². The molecule has 3 aromatic carbocycles. The number of hydrogen-bond acceptors (Lipinski definition) is 5. The maximum Gasteiger partial charge on any atom is 0.254 e. The van der Waals surface area contributed by atoms with Gasteiger partial charge in [-0.15, -0.1) is 5.10 Å². The van der Waals surface area contributed by atoms with Crippen LogP contribution >= 0.6 is 31.9 Å². The lowest BCUT2D eigenvalue weighted by molar-refractivity contribution is 0.0901. The molecule has 0 saturated heterocycles. The van der Waals surface area contributed by atoms with Gasteiger partial charge in [0.15, 0.2) is 0 Å². The van der Waals surface area contributed by atoms with Crippen LogP contribution in [-0.2, 0) is 19.5 Å². The first-order chi connectivity index (χ1) is 15.6. The van der Waals surface area contributed by atoms with Crippen molar-refractivity contribution in [1.82, 2.24) is 14.8 Å². The second-order valence-electron chi connectivity index (χ2n) is 7.19. The van der Waals surface area contributed by atoms with E-state index in [0.717, 1.165) is 25.6 Å². The Bertz CT molecular complexity index is 1180. The molecular weight excluding hydrogens is 534 g/mol. The third-order valence-electron chi connectivity index (χ3n) is 4.77. The van der Waals surface area contributed by atoms with Gasteiger partial charge in [0.25, 0.3) is 5.91 Å². The average molecular weight is 555 g/mol. The van der Waals surface area contributed by atoms with Gasteiger partial charge in [0.1, 0.15) is 0 Å². The largest absolute Gasteiger partial charge is 0.350 e. The summed E-state index contributed by atoms with van der Waals surface area (Å²) in [5.74, 6) is 0.651. The summed E-state index contributed by atoms with van der Waals surface area (Å²) < 4.78 is 3.38. The summed E-state index contributed by atoms with van der Waals surface area (Å²) in [6, 6.07) is 25.6. The fourth-order valence-corrected chi connectivity index (χ4v) is 3.62. The van der Waals surface area contributed by atoms with Gasteiger partial charge >= 0.3 is 0 Å². The third kappa shape index (κ3) is 6.05. The van der Waals surface area contributed by atoms with Crippen molar-refractivity contribution in [3.63, 3.8) is 0 Å². The van der Waals surface area contributed by atoms with Crippen molar-refractivity contribution in [3.05, 3.63) is 104 Å². The summed E-state index contributed by atoms with van der Waals surface area (Å²) in [6.07, 6.45) is 0.239. The van der Waals surface area contributed by atoms with Crippen LogP contribution in [0.5, 0.6) is 0 Å². The van der Waals surface area contributed by atoms with Gasteiger partial charge in [0.2, 0.25) is 11.9 Å². The van der Waals surface area contributed by atoms with Gasteiger partial charge in [0, 0.05) is 22.0 Å². The van der Waals surface area contributed by atoms with E-state index in [-0.39, 0.29) is 12.3 Å². The summed E-state index contributed by atoms with van der Waals surface area (Å²) in [5.41, 5.74) is 3.09. The highest BCUT2D eigenvalue weighted by atomic mass is 79.9. The number of carbonyl (C=O) groups is 1. The van der Waals surface area contributed by atoms with Crippen LogP contribution in [-0.4, -0.2) is 20.7 Å². The molecule has 4 rings (SSSR count). The number of nitrogens with zero attached hydrogens (tertiary/aromatic N) is 3. The minimum Gasteiger partial charge on any atom is -0.350 e. The number of hydrogen-bond donors (Lipinski definition) is 2. The molecule has 2 N–H and O–H groups in total. The fourth-order valence-electron chi connectivity index (χ4n) is 3.09. The van der Waals surface area contributed by atoms with Crippen molar-refractivity contribution in [3.8, 4) is 0 Å². The highest BCUT2D eigenvalue weighted by Gasteiger charge is 2.17. The van der Waals surface area contributed by atoms with Crippen molar-refractivity contribution in [2.75, 3.05) is 10.6 Å². The first-order valence-electron chi connectivity index (χ1n) is 10.1. The number of halogens is 2. The van der Waals surface area contributed by atoms with Crippen LogP contribution in [0.3, 0.4) is 0 Å². The van der Waals surface area contributed by atoms with E-state index in [1.807, 2.05) is 78.9 Å². The van der Waals surface area contributed by atoms with E-state index in [0.29, 0.717) is 25.0 Å². The summed E-state index contributed by atoms with van der Waals surface area (Å²) in [6.45, 7) is 1.08. The molecule has 162 valence electrons. The summed E-state index contributed by atoms with van der Waals surface area (Å²) in [4.78, 5) is 17.5. The molecule has 1 heterocycles. The zero-order chi connectivity index (χ0) is 22.3. The fraction of sp³-hybridized carbons (Fsp3) is 0.125. The molecule has 0 unspecified atom stereocenters. The van der Waals surface area contributed by atoms with Gasteiger partial charge in [-0.2, -0.15) is 9.67 Å². The van der Waals surface area contributed by atoms with Gasteiger partial charge in [0.05, 0.1) is 6.42 Å². The molecule has 0 fully saturated rings. The van der Waals surface area contributed by atoms with Crippen LogP contribution in [0, 0.1) is 0 Å². The molecule has 4 aromatic rings. The van der Waals surface area contributed by atoms with E-state index < -0.39 is 0 Å². The first kappa shape index (κ1) is 22.2. The smallest absolute Gasteiger partial charge is 0.254 e. The normalized spacial score (nSPS) is 10.7. The van der Waals surface area contributed by atoms with E-state index in [1.165, 1.54) is 4.68 Å². The number of aromatic nitrogens is 3. The van der Waals surface area contributed by atoms with Crippen LogP contribution in [0.2, 0.25) is 0 Å². The second kappa shape index (κ2) is 10.6. The summed E-state index contributed by atoms with van der Waals surface area (Å²) in [7, 11) is 0. The van der Waals surface area contributed by atoms with E-state index in [1.54, 1.807) is 0 Å². The molecule has 32 heavy (non-hydrogen) atoms. The molecule has 0 atom stereocenters. The molecule has 0 aliphatic carbocycles. The van der Waals surface area contributed by atoms with Crippen molar-refractivity contribution < 1.29 is 4.79 Å². The minimum absolute atomic E-state index is 0.154. The second-order valence-corrected chi connectivity index (χ2v) is 9.02. The van der Waals surface area contributed by atoms with Crippen LogP contribution < -0.4 is 10.6 Å². The zero-order valence-electron chi connectivity index (χ0n) is 17.1. The van der Waals surface area contributed by atoms with E-state index in [4.69, 9.17) is 0 Å². The number of anilines is 2. The predicted molar refractivity (Wildman–Crippen MR) is 134 cm³/mol. The Morgan fingerprint density at radius 3 is 1.91 bits per heavy atom. The van der Waals surface area contributed by atoms with Crippen molar-refractivity contribution in [2.24, 2.45) is 0 Å². The van der Waals surface area contributed by atoms with Crippen molar-refractivity contribution >= 4 is 49.7 Å². The lowest BCUT2D eigenvalue weighted by Gasteiger charge is -2.07. The van der Waals surface area contributed by atoms with Gasteiger partial charge in [-0.05, 0) is 41.0 Å². The Hall–Kier alpha value is -2.97. The molecule has 0 aliphatic heterocycles. The lowest BCUT2D eigenvalue weighted by atomic mass is 10.1. The van der Waals surface area contributed by atoms with Crippen LogP contribution in [0.25, 0.3) is 0 Å². The van der Waals surface area contributed by atoms with E-state index >= 15 is 0 Å². The highest BCUT2D eigenvalue weighted by molar-refractivity contribution is 9.10. The molecule has 6 nitrogen and oxygen atoms in total. The SMILES string of the molecule is O=C(Cc1ccccc1)n1nc(NCc2ccc(Br)cc2)nc1NCc1ccc(Br)cc1. The topological polar surface area (TPSA) is 71.8 Å². The predicted octanol–water partition coefficient (Wildman–Crippen LogP) is 5.91. The average Bonchev–Trinajstić information content (AvgIpc) is 3.22. The maximum atomic E-state index is 13.0.